The van der Waals surface area contributed by atoms with Crippen molar-refractivity contribution in [2.24, 2.45) is 0 Å². The number of rotatable bonds is 1. The van der Waals surface area contributed by atoms with E-state index in [0.717, 1.165) is 0 Å². The van der Waals surface area contributed by atoms with Gasteiger partial charge in [-0.2, -0.15) is 4.98 Å². The fourth-order valence-electron chi connectivity index (χ4n) is 1.87. The quantitative estimate of drug-likeness (QED) is 0.606. The van der Waals surface area contributed by atoms with Crippen LogP contribution in [0.2, 0.25) is 10.4 Å². The second-order valence-electron chi connectivity index (χ2n) is 3.89. The molecule has 1 aliphatic rings. The number of thioether (sulfide) groups is 1. The van der Waals surface area contributed by atoms with Gasteiger partial charge in [0.05, 0.1) is 12.4 Å². The van der Waals surface area contributed by atoms with Crippen molar-refractivity contribution in [2.75, 3.05) is 5.75 Å². The molecule has 1 aliphatic heterocycles. The number of fused-ring (bicyclic) bond motifs is 1. The number of aliphatic hydroxyl groups is 2. The summed E-state index contributed by atoms with van der Waals surface area (Å²) in [7, 11) is 0. The first-order valence-electron chi connectivity index (χ1n) is 5.11. The van der Waals surface area contributed by atoms with Crippen molar-refractivity contribution >= 4 is 46.1 Å². The highest BCUT2D eigenvalue weighted by molar-refractivity contribution is 7.99. The Balaban J connectivity index is 2.13. The Hall–Kier alpha value is -0.600. The maximum atomic E-state index is 9.90. The van der Waals surface area contributed by atoms with Crippen LogP contribution in [-0.4, -0.2) is 47.7 Å². The van der Waals surface area contributed by atoms with Gasteiger partial charge in [-0.15, -0.1) is 11.8 Å². The standard InChI is InChI=1S/C9H8Cl2N4O2S/c10-6-4-7(14-9(11)13-6)15(2-12-4)8-5(17)3(16)1-18-8/h2-3,5,8,16-17H,1H2/t3-,5-,8-/m0/s1. The molecule has 96 valence electrons. The first-order chi connectivity index (χ1) is 8.58. The summed E-state index contributed by atoms with van der Waals surface area (Å²) < 4.78 is 1.65. The summed E-state index contributed by atoms with van der Waals surface area (Å²) in [4.78, 5) is 12.0. The summed E-state index contributed by atoms with van der Waals surface area (Å²) in [5, 5.41) is 19.3. The molecule has 0 aliphatic carbocycles. The molecule has 0 unspecified atom stereocenters. The van der Waals surface area contributed by atoms with Crippen LogP contribution in [0, 0.1) is 0 Å². The van der Waals surface area contributed by atoms with Crippen LogP contribution in [0.1, 0.15) is 5.37 Å². The van der Waals surface area contributed by atoms with Gasteiger partial charge in [-0.1, -0.05) is 11.6 Å². The Morgan fingerprint density at radius 3 is 2.78 bits per heavy atom. The minimum Gasteiger partial charge on any atom is -0.389 e. The summed E-state index contributed by atoms with van der Waals surface area (Å²) in [5.74, 6) is 0.456. The van der Waals surface area contributed by atoms with Gasteiger partial charge in [0.2, 0.25) is 5.28 Å². The third-order valence-electron chi connectivity index (χ3n) is 2.75. The van der Waals surface area contributed by atoms with E-state index in [-0.39, 0.29) is 15.8 Å². The van der Waals surface area contributed by atoms with Crippen LogP contribution in [0.3, 0.4) is 0 Å². The van der Waals surface area contributed by atoms with Gasteiger partial charge >= 0.3 is 0 Å². The van der Waals surface area contributed by atoms with E-state index < -0.39 is 12.2 Å². The molecule has 6 nitrogen and oxygen atoms in total. The third-order valence-corrected chi connectivity index (χ3v) is 4.56. The fourth-order valence-corrected chi connectivity index (χ4v) is 3.58. The summed E-state index contributed by atoms with van der Waals surface area (Å²) in [6.07, 6.45) is -0.120. The smallest absolute Gasteiger partial charge is 0.225 e. The van der Waals surface area contributed by atoms with E-state index in [4.69, 9.17) is 23.2 Å². The lowest BCUT2D eigenvalue weighted by molar-refractivity contribution is 0.0313. The lowest BCUT2D eigenvalue weighted by Gasteiger charge is -2.16. The first-order valence-corrected chi connectivity index (χ1v) is 6.91. The fraction of sp³-hybridized carbons (Fsp3) is 0.444. The first kappa shape index (κ1) is 12.4. The Kier molecular flexibility index (Phi) is 3.11. The van der Waals surface area contributed by atoms with Gasteiger partial charge in [-0.3, -0.25) is 4.57 Å². The molecule has 3 atom stereocenters. The van der Waals surface area contributed by atoms with Crippen molar-refractivity contribution in [2.45, 2.75) is 17.6 Å². The molecule has 3 heterocycles. The molecular formula is C9H8Cl2N4O2S. The van der Waals surface area contributed by atoms with Gasteiger partial charge in [0.15, 0.2) is 10.8 Å². The molecule has 0 amide bonds. The molecule has 2 aromatic heterocycles. The van der Waals surface area contributed by atoms with Crippen molar-refractivity contribution in [1.29, 1.82) is 0 Å². The van der Waals surface area contributed by atoms with Crippen molar-refractivity contribution in [3.8, 4) is 0 Å². The van der Waals surface area contributed by atoms with E-state index in [9.17, 15) is 10.2 Å². The zero-order valence-electron chi connectivity index (χ0n) is 8.86. The van der Waals surface area contributed by atoms with Crippen molar-refractivity contribution in [3.63, 3.8) is 0 Å². The Labute approximate surface area is 116 Å². The molecule has 0 radical (unpaired) electrons. The molecule has 1 saturated heterocycles. The van der Waals surface area contributed by atoms with E-state index in [1.165, 1.54) is 18.1 Å². The minimum atomic E-state index is -0.875. The lowest BCUT2D eigenvalue weighted by Crippen LogP contribution is -2.27. The molecule has 0 saturated carbocycles. The van der Waals surface area contributed by atoms with Crippen molar-refractivity contribution in [1.82, 2.24) is 19.5 Å². The molecule has 2 aromatic rings. The monoisotopic (exact) mass is 306 g/mol. The number of aliphatic hydroxyl groups excluding tert-OH is 2. The molecule has 3 rings (SSSR count). The highest BCUT2D eigenvalue weighted by atomic mass is 35.5. The second-order valence-corrected chi connectivity index (χ2v) is 5.74. The lowest BCUT2D eigenvalue weighted by atomic mass is 10.2. The Morgan fingerprint density at radius 1 is 1.33 bits per heavy atom. The number of aromatic nitrogens is 4. The zero-order chi connectivity index (χ0) is 12.9. The molecule has 0 spiro atoms. The van der Waals surface area contributed by atoms with Crippen LogP contribution in [0.5, 0.6) is 0 Å². The van der Waals surface area contributed by atoms with E-state index >= 15 is 0 Å². The minimum absolute atomic E-state index is 0.0206. The Bertz CT molecular complexity index is 608. The van der Waals surface area contributed by atoms with Crippen LogP contribution < -0.4 is 0 Å². The van der Waals surface area contributed by atoms with Crippen LogP contribution in [0.15, 0.2) is 6.33 Å². The number of imidazole rings is 1. The highest BCUT2D eigenvalue weighted by Gasteiger charge is 2.36. The Morgan fingerprint density at radius 2 is 2.11 bits per heavy atom. The predicted octanol–water partition coefficient (Wildman–Crippen LogP) is 1.10. The molecule has 0 aromatic carbocycles. The average Bonchev–Trinajstić information content (AvgIpc) is 2.85. The topological polar surface area (TPSA) is 84.1 Å². The molecule has 18 heavy (non-hydrogen) atoms. The van der Waals surface area contributed by atoms with Gasteiger partial charge in [0.25, 0.3) is 0 Å². The van der Waals surface area contributed by atoms with Crippen LogP contribution >= 0.6 is 35.0 Å². The zero-order valence-corrected chi connectivity index (χ0v) is 11.2. The summed E-state index contributed by atoms with van der Waals surface area (Å²) in [5.41, 5.74) is 0.876. The van der Waals surface area contributed by atoms with Gasteiger partial charge in [0.1, 0.15) is 17.0 Å². The van der Waals surface area contributed by atoms with Crippen LogP contribution in [0.4, 0.5) is 0 Å². The number of hydrogen-bond acceptors (Lipinski definition) is 6. The maximum absolute atomic E-state index is 9.90. The molecule has 0 bridgehead atoms. The number of hydrogen-bond donors (Lipinski definition) is 2. The van der Waals surface area contributed by atoms with E-state index in [1.54, 1.807) is 4.57 Å². The van der Waals surface area contributed by atoms with E-state index in [0.29, 0.717) is 16.9 Å². The molecular weight excluding hydrogens is 299 g/mol. The van der Waals surface area contributed by atoms with Gasteiger partial charge < -0.3 is 10.2 Å². The van der Waals surface area contributed by atoms with Gasteiger partial charge in [-0.05, 0) is 11.6 Å². The normalized spacial score (nSPS) is 28.1. The van der Waals surface area contributed by atoms with E-state index in [1.807, 2.05) is 0 Å². The third kappa shape index (κ3) is 1.86. The van der Waals surface area contributed by atoms with Crippen LogP contribution in [0.25, 0.3) is 11.2 Å². The predicted molar refractivity (Wildman–Crippen MR) is 68.9 cm³/mol. The second kappa shape index (κ2) is 4.50. The number of nitrogens with zero attached hydrogens (tertiary/aromatic N) is 4. The molecule has 9 heteroatoms. The molecule has 1 fully saturated rings. The van der Waals surface area contributed by atoms with Crippen LogP contribution in [-0.2, 0) is 0 Å². The SMILES string of the molecule is O[C@H]1[C@@H](O)CS[C@@H]1n1cnc2c(Cl)nc(Cl)nc21. The van der Waals surface area contributed by atoms with Crippen molar-refractivity contribution < 1.29 is 10.2 Å². The largest absolute Gasteiger partial charge is 0.389 e. The van der Waals surface area contributed by atoms with E-state index in [2.05, 4.69) is 15.0 Å². The van der Waals surface area contributed by atoms with Gasteiger partial charge in [0, 0.05) is 5.75 Å². The number of halogens is 2. The highest BCUT2D eigenvalue weighted by Crippen LogP contribution is 2.38. The average molecular weight is 307 g/mol. The summed E-state index contributed by atoms with van der Waals surface area (Å²) in [6.45, 7) is 0. The maximum Gasteiger partial charge on any atom is 0.225 e. The van der Waals surface area contributed by atoms with Gasteiger partial charge in [-0.25, -0.2) is 9.97 Å². The van der Waals surface area contributed by atoms with Crippen molar-refractivity contribution in [3.05, 3.63) is 16.8 Å². The molecule has 2 N–H and O–H groups in total. The summed E-state index contributed by atoms with van der Waals surface area (Å²) in [6, 6.07) is 0. The summed E-state index contributed by atoms with van der Waals surface area (Å²) >= 11 is 13.1.